The molecule has 2 nitrogen and oxygen atoms in total. The van der Waals surface area contributed by atoms with E-state index in [0.29, 0.717) is 18.3 Å². The van der Waals surface area contributed by atoms with E-state index < -0.39 is 6.10 Å². The van der Waals surface area contributed by atoms with E-state index in [9.17, 15) is 9.90 Å². The summed E-state index contributed by atoms with van der Waals surface area (Å²) in [6.45, 7) is 14.7. The predicted octanol–water partition coefficient (Wildman–Crippen LogP) is 5.40. The molecule has 0 heterocycles. The van der Waals surface area contributed by atoms with Gasteiger partial charge < -0.3 is 5.11 Å². The highest BCUT2D eigenvalue weighted by molar-refractivity contribution is 5.96. The van der Waals surface area contributed by atoms with Crippen molar-refractivity contribution in [2.24, 2.45) is 23.7 Å². The smallest absolute Gasteiger partial charge is 0.163 e. The van der Waals surface area contributed by atoms with Crippen molar-refractivity contribution >= 4 is 5.78 Å². The lowest BCUT2D eigenvalue weighted by molar-refractivity contribution is -0.121. The third-order valence-corrected chi connectivity index (χ3v) is 4.69. The van der Waals surface area contributed by atoms with Crippen LogP contribution in [0.25, 0.3) is 0 Å². The maximum Gasteiger partial charge on any atom is 0.163 e. The van der Waals surface area contributed by atoms with Crippen LogP contribution in [0.5, 0.6) is 0 Å². The molecule has 0 aliphatic carbocycles. The normalized spacial score (nSPS) is 19.4. The van der Waals surface area contributed by atoms with Gasteiger partial charge in [0.15, 0.2) is 5.78 Å². The fraction of sp³-hybridized carbons (Fsp3) is 0.850. The molecular weight excluding hydrogens is 272 g/mol. The van der Waals surface area contributed by atoms with Gasteiger partial charge in [0.05, 0.1) is 6.10 Å². The average Bonchev–Trinajstić information content (AvgIpc) is 2.44. The van der Waals surface area contributed by atoms with E-state index in [1.165, 1.54) is 19.3 Å². The van der Waals surface area contributed by atoms with Gasteiger partial charge in [-0.2, -0.15) is 0 Å². The Hall–Kier alpha value is -0.630. The largest absolute Gasteiger partial charge is 0.392 e. The number of aliphatic hydroxyl groups is 1. The third kappa shape index (κ3) is 8.12. The summed E-state index contributed by atoms with van der Waals surface area (Å²) >= 11 is 0. The Labute approximate surface area is 138 Å². The molecule has 1 N–H and O–H groups in total. The van der Waals surface area contributed by atoms with Gasteiger partial charge in [-0.25, -0.2) is 0 Å². The van der Waals surface area contributed by atoms with Crippen LogP contribution in [0.4, 0.5) is 0 Å². The van der Waals surface area contributed by atoms with E-state index in [1.54, 1.807) is 0 Å². The quantitative estimate of drug-likeness (QED) is 0.519. The van der Waals surface area contributed by atoms with Gasteiger partial charge in [-0.3, -0.25) is 4.79 Å². The van der Waals surface area contributed by atoms with Crippen LogP contribution in [0.2, 0.25) is 0 Å². The first-order valence-electron chi connectivity index (χ1n) is 9.13. The fourth-order valence-electron chi connectivity index (χ4n) is 3.49. The number of carbonyl (C=O) groups excluding carboxylic acids is 1. The zero-order valence-corrected chi connectivity index (χ0v) is 15.9. The number of hydrogen-bond donors (Lipinski definition) is 1. The molecule has 0 saturated carbocycles. The highest BCUT2D eigenvalue weighted by Gasteiger charge is 2.22. The van der Waals surface area contributed by atoms with Crippen molar-refractivity contribution in [1.82, 2.24) is 0 Å². The lowest BCUT2D eigenvalue weighted by Crippen LogP contribution is -2.25. The van der Waals surface area contributed by atoms with E-state index in [0.717, 1.165) is 17.9 Å². The Balaban J connectivity index is 4.48. The van der Waals surface area contributed by atoms with E-state index in [1.807, 2.05) is 20.8 Å². The zero-order valence-electron chi connectivity index (χ0n) is 15.9. The van der Waals surface area contributed by atoms with Gasteiger partial charge >= 0.3 is 0 Å². The Morgan fingerprint density at radius 1 is 1.05 bits per heavy atom. The highest BCUT2D eigenvalue weighted by atomic mass is 16.3. The standard InChI is InChI=1S/C20H38O2/c1-8-10-14(3)11-15(4)12-16(5)13-17(6)20(22)18(7)19(21)9-2/h13-16,18-19,21H,8-12H2,1-7H3. The summed E-state index contributed by atoms with van der Waals surface area (Å²) in [6.07, 6.45) is 7.16. The van der Waals surface area contributed by atoms with Crippen LogP contribution in [0.15, 0.2) is 11.6 Å². The molecule has 130 valence electrons. The summed E-state index contributed by atoms with van der Waals surface area (Å²) < 4.78 is 0. The van der Waals surface area contributed by atoms with Gasteiger partial charge in [0, 0.05) is 5.92 Å². The lowest BCUT2D eigenvalue weighted by Gasteiger charge is -2.20. The highest BCUT2D eigenvalue weighted by Crippen LogP contribution is 2.24. The monoisotopic (exact) mass is 310 g/mol. The number of ketones is 1. The molecule has 0 fully saturated rings. The molecule has 0 radical (unpaired) electrons. The van der Waals surface area contributed by atoms with E-state index in [4.69, 9.17) is 0 Å². The number of rotatable bonds is 11. The molecule has 0 rings (SSSR count). The molecule has 5 atom stereocenters. The first kappa shape index (κ1) is 21.4. The van der Waals surface area contributed by atoms with Crippen molar-refractivity contribution in [3.63, 3.8) is 0 Å². The van der Waals surface area contributed by atoms with Gasteiger partial charge in [0.25, 0.3) is 0 Å². The SMILES string of the molecule is CCCC(C)CC(C)CC(C)C=C(C)C(=O)C(C)C(O)CC. The van der Waals surface area contributed by atoms with Crippen LogP contribution < -0.4 is 0 Å². The second-order valence-corrected chi connectivity index (χ2v) is 7.43. The molecule has 0 bridgehead atoms. The minimum Gasteiger partial charge on any atom is -0.392 e. The van der Waals surface area contributed by atoms with E-state index in [2.05, 4.69) is 33.8 Å². The summed E-state index contributed by atoms with van der Waals surface area (Å²) in [5.74, 6) is 1.69. The Kier molecular flexibility index (Phi) is 10.7. The average molecular weight is 311 g/mol. The van der Waals surface area contributed by atoms with Gasteiger partial charge in [0.2, 0.25) is 0 Å². The van der Waals surface area contributed by atoms with Gasteiger partial charge in [-0.1, -0.05) is 60.5 Å². The van der Waals surface area contributed by atoms with Crippen LogP contribution >= 0.6 is 0 Å². The third-order valence-electron chi connectivity index (χ3n) is 4.69. The second kappa shape index (κ2) is 11.0. The Bertz CT molecular complexity index is 346. The van der Waals surface area contributed by atoms with Crippen molar-refractivity contribution in [3.05, 3.63) is 11.6 Å². The molecular formula is C20H38O2. The zero-order chi connectivity index (χ0) is 17.3. The number of carbonyl (C=O) groups is 1. The fourth-order valence-corrected chi connectivity index (χ4v) is 3.49. The summed E-state index contributed by atoms with van der Waals surface area (Å²) in [6, 6.07) is 0. The summed E-state index contributed by atoms with van der Waals surface area (Å²) in [5.41, 5.74) is 0.807. The molecule has 0 aliphatic rings. The maximum atomic E-state index is 12.3. The van der Waals surface area contributed by atoms with Crippen LogP contribution in [-0.4, -0.2) is 17.0 Å². The van der Waals surface area contributed by atoms with Crippen molar-refractivity contribution < 1.29 is 9.90 Å². The minimum atomic E-state index is -0.528. The second-order valence-electron chi connectivity index (χ2n) is 7.43. The van der Waals surface area contributed by atoms with E-state index >= 15 is 0 Å². The number of hydrogen-bond acceptors (Lipinski definition) is 2. The van der Waals surface area contributed by atoms with Crippen LogP contribution in [0.1, 0.15) is 80.6 Å². The molecule has 0 amide bonds. The number of aliphatic hydroxyl groups excluding tert-OH is 1. The molecule has 0 saturated heterocycles. The molecule has 0 aliphatic heterocycles. The van der Waals surface area contributed by atoms with Crippen molar-refractivity contribution in [2.75, 3.05) is 0 Å². The van der Waals surface area contributed by atoms with Crippen LogP contribution in [0, 0.1) is 23.7 Å². The van der Waals surface area contributed by atoms with Crippen molar-refractivity contribution in [3.8, 4) is 0 Å². The van der Waals surface area contributed by atoms with Crippen LogP contribution in [-0.2, 0) is 4.79 Å². The Morgan fingerprint density at radius 2 is 1.64 bits per heavy atom. The first-order valence-corrected chi connectivity index (χ1v) is 9.13. The molecule has 0 aromatic heterocycles. The van der Waals surface area contributed by atoms with Crippen molar-refractivity contribution in [1.29, 1.82) is 0 Å². The molecule has 2 heteroatoms. The minimum absolute atomic E-state index is 0.0909. The molecule has 0 aromatic carbocycles. The lowest BCUT2D eigenvalue weighted by atomic mass is 9.86. The first-order chi connectivity index (χ1) is 10.2. The number of Topliss-reactive ketones (excluding diaryl/α,β-unsaturated/α-hetero) is 1. The summed E-state index contributed by atoms with van der Waals surface area (Å²) in [7, 11) is 0. The molecule has 22 heavy (non-hydrogen) atoms. The molecule has 0 aromatic rings. The van der Waals surface area contributed by atoms with Crippen LogP contribution in [0.3, 0.4) is 0 Å². The maximum absolute atomic E-state index is 12.3. The number of allylic oxidation sites excluding steroid dienone is 2. The van der Waals surface area contributed by atoms with Gasteiger partial charge in [0.1, 0.15) is 0 Å². The summed E-state index contributed by atoms with van der Waals surface area (Å²) in [4.78, 5) is 12.3. The topological polar surface area (TPSA) is 37.3 Å². The van der Waals surface area contributed by atoms with E-state index in [-0.39, 0.29) is 11.7 Å². The molecule has 0 spiro atoms. The molecule has 5 unspecified atom stereocenters. The van der Waals surface area contributed by atoms with Gasteiger partial charge in [-0.15, -0.1) is 0 Å². The van der Waals surface area contributed by atoms with Crippen molar-refractivity contribution in [2.45, 2.75) is 86.7 Å². The summed E-state index contributed by atoms with van der Waals surface area (Å²) in [5, 5.41) is 9.83. The van der Waals surface area contributed by atoms with Gasteiger partial charge in [-0.05, 0) is 49.5 Å². The predicted molar refractivity (Wildman–Crippen MR) is 95.9 cm³/mol. The Morgan fingerprint density at radius 3 is 2.14 bits per heavy atom.